The summed E-state index contributed by atoms with van der Waals surface area (Å²) in [5, 5.41) is 11.1. The van der Waals surface area contributed by atoms with Crippen LogP contribution >= 0.6 is 0 Å². The number of aryl methyl sites for hydroxylation is 2. The summed E-state index contributed by atoms with van der Waals surface area (Å²) in [6, 6.07) is 12.4. The lowest BCUT2D eigenvalue weighted by Crippen LogP contribution is -2.02. The molecule has 142 valence electrons. The number of nitrogens with zero attached hydrogens (tertiary/aromatic N) is 3. The molecule has 0 saturated carbocycles. The molecule has 2 aromatic heterocycles. The predicted octanol–water partition coefficient (Wildman–Crippen LogP) is 4.48. The molecule has 0 amide bonds. The Morgan fingerprint density at radius 1 is 0.929 bits per heavy atom. The van der Waals surface area contributed by atoms with Gasteiger partial charge < -0.3 is 10.1 Å². The first-order chi connectivity index (χ1) is 13.7. The average Bonchev–Trinajstić information content (AvgIpc) is 3.16. The van der Waals surface area contributed by atoms with Crippen LogP contribution in [0.15, 0.2) is 61.1 Å². The third-order valence-corrected chi connectivity index (χ3v) is 4.25. The fourth-order valence-electron chi connectivity index (χ4n) is 2.83. The van der Waals surface area contributed by atoms with E-state index < -0.39 is 6.61 Å². The van der Waals surface area contributed by atoms with Crippen LogP contribution in [0.4, 0.5) is 20.4 Å². The molecule has 0 atom stereocenters. The zero-order valence-corrected chi connectivity index (χ0v) is 14.8. The van der Waals surface area contributed by atoms with E-state index in [4.69, 9.17) is 0 Å². The Hall–Kier alpha value is -3.55. The van der Waals surface area contributed by atoms with Crippen LogP contribution in [0.3, 0.4) is 0 Å². The minimum atomic E-state index is -2.84. The summed E-state index contributed by atoms with van der Waals surface area (Å²) in [6.07, 6.45) is 7.05. The highest BCUT2D eigenvalue weighted by molar-refractivity contribution is 5.78. The van der Waals surface area contributed by atoms with Crippen LogP contribution in [-0.2, 0) is 12.8 Å². The monoisotopic (exact) mass is 381 g/mol. The van der Waals surface area contributed by atoms with Crippen molar-refractivity contribution in [2.75, 3.05) is 5.32 Å². The minimum Gasteiger partial charge on any atom is -0.435 e. The molecule has 8 heteroatoms. The van der Waals surface area contributed by atoms with Gasteiger partial charge in [0.25, 0.3) is 0 Å². The van der Waals surface area contributed by atoms with Crippen molar-refractivity contribution in [3.05, 3.63) is 72.2 Å². The van der Waals surface area contributed by atoms with Gasteiger partial charge in [-0.3, -0.25) is 5.10 Å². The van der Waals surface area contributed by atoms with E-state index in [1.54, 1.807) is 30.7 Å². The van der Waals surface area contributed by atoms with Crippen molar-refractivity contribution in [2.24, 2.45) is 0 Å². The first kappa shape index (κ1) is 17.8. The van der Waals surface area contributed by atoms with Gasteiger partial charge in [0.15, 0.2) is 0 Å². The van der Waals surface area contributed by atoms with Crippen LogP contribution in [0.2, 0.25) is 0 Å². The van der Waals surface area contributed by atoms with E-state index in [9.17, 15) is 8.78 Å². The van der Waals surface area contributed by atoms with Crippen molar-refractivity contribution < 1.29 is 13.5 Å². The van der Waals surface area contributed by atoms with Crippen molar-refractivity contribution in [3.63, 3.8) is 0 Å². The number of aromatic nitrogens is 4. The fraction of sp³-hybridized carbons (Fsp3) is 0.150. The molecular formula is C20H17F2N5O. The molecule has 0 aliphatic heterocycles. The molecule has 0 aliphatic rings. The number of halogens is 2. The van der Waals surface area contributed by atoms with E-state index in [0.717, 1.165) is 29.3 Å². The van der Waals surface area contributed by atoms with Crippen molar-refractivity contribution in [1.29, 1.82) is 0 Å². The zero-order valence-electron chi connectivity index (χ0n) is 14.8. The maximum Gasteiger partial charge on any atom is 0.387 e. The van der Waals surface area contributed by atoms with Crippen molar-refractivity contribution in [1.82, 2.24) is 20.2 Å². The predicted molar refractivity (Wildman–Crippen MR) is 102 cm³/mol. The van der Waals surface area contributed by atoms with Gasteiger partial charge in [-0.25, -0.2) is 9.97 Å². The van der Waals surface area contributed by atoms with E-state index in [0.29, 0.717) is 11.6 Å². The van der Waals surface area contributed by atoms with E-state index >= 15 is 0 Å². The molecule has 2 N–H and O–H groups in total. The van der Waals surface area contributed by atoms with Gasteiger partial charge in [-0.05, 0) is 54.3 Å². The van der Waals surface area contributed by atoms with Crippen LogP contribution in [0.25, 0.3) is 10.9 Å². The van der Waals surface area contributed by atoms with Crippen LogP contribution in [0, 0.1) is 0 Å². The SMILES string of the molecule is FC(F)Oc1ccc(Nc2ncc(CCc3ccc4cn[nH]c4c3)cn2)cc1. The quantitative estimate of drug-likeness (QED) is 0.494. The lowest BCUT2D eigenvalue weighted by molar-refractivity contribution is -0.0498. The maximum absolute atomic E-state index is 12.2. The standard InChI is InChI=1S/C20H17F2N5O/c21-19(22)28-17-7-5-16(6-8-17)26-20-23-10-14(11-24-20)2-1-13-3-4-15-12-25-27-18(15)9-13/h3-12,19H,1-2H2,(H,25,27)(H,23,24,26). The number of hydrogen-bond donors (Lipinski definition) is 2. The maximum atomic E-state index is 12.2. The van der Waals surface area contributed by atoms with Crippen LogP contribution in [0.5, 0.6) is 5.75 Å². The number of rotatable bonds is 7. The number of benzene rings is 2. The average molecular weight is 381 g/mol. The Kier molecular flexibility index (Phi) is 5.09. The summed E-state index contributed by atoms with van der Waals surface area (Å²) >= 11 is 0. The van der Waals surface area contributed by atoms with Crippen molar-refractivity contribution >= 4 is 22.5 Å². The Bertz CT molecular complexity index is 1050. The Morgan fingerprint density at radius 2 is 1.68 bits per heavy atom. The highest BCUT2D eigenvalue weighted by Crippen LogP contribution is 2.20. The van der Waals surface area contributed by atoms with Gasteiger partial charge in [-0.15, -0.1) is 0 Å². The lowest BCUT2D eigenvalue weighted by Gasteiger charge is -2.08. The molecule has 0 fully saturated rings. The third kappa shape index (κ3) is 4.40. The van der Waals surface area contributed by atoms with Gasteiger partial charge in [0.1, 0.15) is 5.75 Å². The summed E-state index contributed by atoms with van der Waals surface area (Å²) in [7, 11) is 0. The van der Waals surface area contributed by atoms with E-state index in [1.807, 2.05) is 0 Å². The molecule has 0 spiro atoms. The third-order valence-electron chi connectivity index (χ3n) is 4.25. The first-order valence-corrected chi connectivity index (χ1v) is 8.70. The number of fused-ring (bicyclic) bond motifs is 1. The normalized spacial score (nSPS) is 11.1. The number of nitrogens with one attached hydrogen (secondary N) is 2. The summed E-state index contributed by atoms with van der Waals surface area (Å²) in [5.41, 5.74) is 3.95. The van der Waals surface area contributed by atoms with Gasteiger partial charge in [-0.1, -0.05) is 12.1 Å². The number of hydrogen-bond acceptors (Lipinski definition) is 5. The Balaban J connectivity index is 1.34. The molecular weight excluding hydrogens is 364 g/mol. The van der Waals surface area contributed by atoms with Gasteiger partial charge in [-0.2, -0.15) is 13.9 Å². The molecule has 0 unspecified atom stereocenters. The molecule has 6 nitrogen and oxygen atoms in total. The molecule has 0 aliphatic carbocycles. The molecule has 4 aromatic rings. The number of alkyl halides is 2. The zero-order chi connectivity index (χ0) is 19.3. The van der Waals surface area contributed by atoms with E-state index in [1.165, 1.54) is 17.7 Å². The molecule has 4 rings (SSSR count). The molecule has 0 radical (unpaired) electrons. The topological polar surface area (TPSA) is 75.7 Å². The second kappa shape index (κ2) is 7.99. The van der Waals surface area contributed by atoms with Gasteiger partial charge >= 0.3 is 6.61 Å². The number of aromatic amines is 1. The van der Waals surface area contributed by atoms with Crippen molar-refractivity contribution in [2.45, 2.75) is 19.5 Å². The van der Waals surface area contributed by atoms with Crippen LogP contribution in [-0.4, -0.2) is 26.8 Å². The summed E-state index contributed by atoms with van der Waals surface area (Å²) in [5.74, 6) is 0.537. The second-order valence-electron chi connectivity index (χ2n) is 6.23. The van der Waals surface area contributed by atoms with Gasteiger partial charge in [0, 0.05) is 23.5 Å². The number of H-pyrrole nitrogens is 1. The summed E-state index contributed by atoms with van der Waals surface area (Å²) < 4.78 is 28.7. The van der Waals surface area contributed by atoms with E-state index in [2.05, 4.69) is 48.4 Å². The Labute approximate surface area is 159 Å². The van der Waals surface area contributed by atoms with E-state index in [-0.39, 0.29) is 5.75 Å². The van der Waals surface area contributed by atoms with Crippen molar-refractivity contribution in [3.8, 4) is 5.75 Å². The molecule has 28 heavy (non-hydrogen) atoms. The highest BCUT2D eigenvalue weighted by Gasteiger charge is 2.05. The number of anilines is 2. The largest absolute Gasteiger partial charge is 0.435 e. The minimum absolute atomic E-state index is 0.102. The number of ether oxygens (including phenoxy) is 1. The summed E-state index contributed by atoms with van der Waals surface area (Å²) in [6.45, 7) is -2.84. The van der Waals surface area contributed by atoms with Gasteiger partial charge in [0.05, 0.1) is 11.7 Å². The molecule has 2 aromatic carbocycles. The van der Waals surface area contributed by atoms with Crippen LogP contribution in [0.1, 0.15) is 11.1 Å². The summed E-state index contributed by atoms with van der Waals surface area (Å²) in [4.78, 5) is 8.62. The highest BCUT2D eigenvalue weighted by atomic mass is 19.3. The van der Waals surface area contributed by atoms with Gasteiger partial charge in [0.2, 0.25) is 5.95 Å². The van der Waals surface area contributed by atoms with Crippen LogP contribution < -0.4 is 10.1 Å². The fourth-order valence-corrected chi connectivity index (χ4v) is 2.83. The molecule has 0 saturated heterocycles. The lowest BCUT2D eigenvalue weighted by atomic mass is 10.1. The second-order valence-corrected chi connectivity index (χ2v) is 6.23. The molecule has 0 bridgehead atoms. The Morgan fingerprint density at radius 3 is 2.43 bits per heavy atom. The molecule has 2 heterocycles. The first-order valence-electron chi connectivity index (χ1n) is 8.70. The smallest absolute Gasteiger partial charge is 0.387 e.